The predicted octanol–water partition coefficient (Wildman–Crippen LogP) is 5.82. The van der Waals surface area contributed by atoms with Crippen molar-refractivity contribution in [3.63, 3.8) is 0 Å². The van der Waals surface area contributed by atoms with Crippen LogP contribution in [0.25, 0.3) is 11.3 Å². The number of amides is 1. The molecule has 3 fully saturated rings. The van der Waals surface area contributed by atoms with E-state index in [9.17, 15) is 9.90 Å². The summed E-state index contributed by atoms with van der Waals surface area (Å²) in [5.41, 5.74) is 10.4. The van der Waals surface area contributed by atoms with Crippen molar-refractivity contribution >= 4 is 5.91 Å². The molecule has 3 aromatic heterocycles. The van der Waals surface area contributed by atoms with Crippen LogP contribution >= 0.6 is 0 Å². The number of aliphatic hydroxyl groups is 1. The van der Waals surface area contributed by atoms with Gasteiger partial charge in [-0.25, -0.2) is 4.98 Å². The molecule has 0 radical (unpaired) electrons. The van der Waals surface area contributed by atoms with E-state index >= 15 is 0 Å². The van der Waals surface area contributed by atoms with Gasteiger partial charge in [0.1, 0.15) is 17.7 Å². The van der Waals surface area contributed by atoms with Crippen molar-refractivity contribution in [3.05, 3.63) is 59.7 Å². The van der Waals surface area contributed by atoms with Crippen LogP contribution in [-0.4, -0.2) is 39.7 Å². The van der Waals surface area contributed by atoms with Gasteiger partial charge in [0.05, 0.1) is 12.8 Å². The molecule has 8 heteroatoms. The predicted molar refractivity (Wildman–Crippen MR) is 155 cm³/mol. The van der Waals surface area contributed by atoms with Gasteiger partial charge in [-0.05, 0) is 107 Å². The van der Waals surface area contributed by atoms with Crippen LogP contribution in [0, 0.1) is 24.7 Å². The number of aryl methyl sites for hydroxylation is 1. The molecule has 8 nitrogen and oxygen atoms in total. The summed E-state index contributed by atoms with van der Waals surface area (Å²) < 4.78 is 11.2. The number of nitrogens with zero attached hydrogens (tertiary/aromatic N) is 3. The summed E-state index contributed by atoms with van der Waals surface area (Å²) in [4.78, 5) is 27.6. The number of carbonyl (C=O) groups is 1. The average molecular weight is 559 g/mol. The highest BCUT2D eigenvalue weighted by molar-refractivity contribution is 5.79. The molecule has 3 aliphatic rings. The van der Waals surface area contributed by atoms with E-state index in [1.807, 2.05) is 25.3 Å². The summed E-state index contributed by atoms with van der Waals surface area (Å²) in [7, 11) is 1.68. The summed E-state index contributed by atoms with van der Waals surface area (Å²) in [5.74, 6) is 2.38. The van der Waals surface area contributed by atoms with Crippen molar-refractivity contribution in [3.8, 4) is 17.0 Å². The van der Waals surface area contributed by atoms with E-state index in [1.165, 1.54) is 0 Å². The van der Waals surface area contributed by atoms with Crippen LogP contribution in [0.3, 0.4) is 0 Å². The minimum absolute atomic E-state index is 0.0790. The van der Waals surface area contributed by atoms with Gasteiger partial charge in [-0.1, -0.05) is 0 Å². The molecule has 3 saturated carbocycles. The third-order valence-corrected chi connectivity index (χ3v) is 10.0. The lowest BCUT2D eigenvalue weighted by Crippen LogP contribution is -2.49. The maximum Gasteiger partial charge on any atom is 0.221 e. The second kappa shape index (κ2) is 11.6. The Morgan fingerprint density at radius 3 is 2.54 bits per heavy atom. The molecule has 6 rings (SSSR count). The zero-order valence-electron chi connectivity index (χ0n) is 24.2. The quantitative estimate of drug-likeness (QED) is 0.339. The smallest absolute Gasteiger partial charge is 0.221 e. The maximum absolute atomic E-state index is 13.1. The fraction of sp³-hybridized carbons (Fsp3) is 0.576. The molecule has 0 saturated heterocycles. The molecular formula is C33H42N4O4. The van der Waals surface area contributed by atoms with Crippen LogP contribution in [0.5, 0.6) is 5.75 Å². The van der Waals surface area contributed by atoms with Gasteiger partial charge in [0.2, 0.25) is 5.91 Å². The Hall–Kier alpha value is -3.26. The normalized spacial score (nSPS) is 28.4. The molecule has 41 heavy (non-hydrogen) atoms. The third kappa shape index (κ3) is 5.63. The number of rotatable bonds is 9. The first-order valence-corrected chi connectivity index (χ1v) is 15.2. The lowest BCUT2D eigenvalue weighted by Gasteiger charge is -2.47. The molecule has 218 valence electrons. The summed E-state index contributed by atoms with van der Waals surface area (Å²) >= 11 is 0. The number of nitrogens with two attached hydrogens (primary N) is 1. The van der Waals surface area contributed by atoms with Gasteiger partial charge < -0.3 is 20.0 Å². The number of aliphatic hydroxyl groups excluding tert-OH is 1. The Morgan fingerprint density at radius 1 is 1.07 bits per heavy atom. The monoisotopic (exact) mass is 558 g/mol. The highest BCUT2D eigenvalue weighted by Gasteiger charge is 2.49. The minimum atomic E-state index is -0.469. The number of primary amides is 1. The van der Waals surface area contributed by atoms with E-state index in [-0.39, 0.29) is 24.3 Å². The molecule has 3 heterocycles. The average Bonchev–Trinajstić information content (AvgIpc) is 3.73. The fourth-order valence-electron chi connectivity index (χ4n) is 7.51. The topological polar surface area (TPSA) is 124 Å². The van der Waals surface area contributed by atoms with Crippen molar-refractivity contribution in [2.24, 2.45) is 23.5 Å². The van der Waals surface area contributed by atoms with E-state index in [1.54, 1.807) is 13.4 Å². The molecule has 0 bridgehead atoms. The van der Waals surface area contributed by atoms with E-state index < -0.39 is 5.41 Å². The number of aromatic nitrogens is 3. The molecule has 3 atom stereocenters. The molecule has 0 aromatic carbocycles. The molecule has 3 aromatic rings. The van der Waals surface area contributed by atoms with E-state index in [4.69, 9.17) is 29.8 Å². The van der Waals surface area contributed by atoms with E-state index in [2.05, 4.69) is 12.1 Å². The first-order valence-electron chi connectivity index (χ1n) is 15.2. The lowest BCUT2D eigenvalue weighted by atomic mass is 9.57. The van der Waals surface area contributed by atoms with Crippen LogP contribution in [0.1, 0.15) is 99.0 Å². The van der Waals surface area contributed by atoms with Crippen LogP contribution in [0.15, 0.2) is 41.1 Å². The number of hydrogen-bond donors (Lipinski definition) is 2. The van der Waals surface area contributed by atoms with Crippen molar-refractivity contribution in [2.75, 3.05) is 13.7 Å². The van der Waals surface area contributed by atoms with Gasteiger partial charge in [-0.3, -0.25) is 14.8 Å². The highest BCUT2D eigenvalue weighted by atomic mass is 16.5. The van der Waals surface area contributed by atoms with Crippen molar-refractivity contribution < 1.29 is 19.1 Å². The first-order chi connectivity index (χ1) is 19.9. The second-order valence-corrected chi connectivity index (χ2v) is 12.7. The van der Waals surface area contributed by atoms with Crippen molar-refractivity contribution in [1.82, 2.24) is 15.0 Å². The molecule has 3 N–H and O–H groups in total. The summed E-state index contributed by atoms with van der Waals surface area (Å²) in [6.45, 7) is 2.08. The highest BCUT2D eigenvalue weighted by Crippen LogP contribution is 2.52. The Labute approximate surface area is 242 Å². The molecular weight excluding hydrogens is 516 g/mol. The number of hydrogen-bond acceptors (Lipinski definition) is 7. The van der Waals surface area contributed by atoms with Crippen LogP contribution in [0.4, 0.5) is 0 Å². The lowest BCUT2D eigenvalue weighted by molar-refractivity contribution is -0.127. The Kier molecular flexibility index (Phi) is 7.86. The molecule has 1 amide bonds. The number of ether oxygens (including phenoxy) is 1. The molecule has 3 aliphatic carbocycles. The van der Waals surface area contributed by atoms with Gasteiger partial charge >= 0.3 is 0 Å². The maximum atomic E-state index is 13.1. The van der Waals surface area contributed by atoms with Crippen molar-refractivity contribution in [2.45, 2.75) is 88.4 Å². The largest absolute Gasteiger partial charge is 0.495 e. The Balaban J connectivity index is 1.27. The number of methoxy groups -OCH3 is 1. The fourth-order valence-corrected chi connectivity index (χ4v) is 7.51. The van der Waals surface area contributed by atoms with E-state index in [0.29, 0.717) is 24.2 Å². The molecule has 0 aliphatic heterocycles. The molecule has 3 unspecified atom stereocenters. The second-order valence-electron chi connectivity index (χ2n) is 12.7. The zero-order chi connectivity index (χ0) is 28.6. The number of carbonyl (C=O) groups excluding carboxylic acids is 1. The van der Waals surface area contributed by atoms with E-state index in [0.717, 1.165) is 97.8 Å². The van der Waals surface area contributed by atoms with Gasteiger partial charge in [0.15, 0.2) is 5.89 Å². The van der Waals surface area contributed by atoms with Gasteiger partial charge in [-0.15, -0.1) is 0 Å². The summed E-state index contributed by atoms with van der Waals surface area (Å²) in [5, 5.41) is 9.99. The van der Waals surface area contributed by atoms with Crippen LogP contribution < -0.4 is 10.5 Å². The van der Waals surface area contributed by atoms with Gasteiger partial charge in [-0.2, -0.15) is 0 Å². The number of pyridine rings is 2. The Bertz CT molecular complexity index is 1380. The van der Waals surface area contributed by atoms with Crippen molar-refractivity contribution in [1.29, 1.82) is 0 Å². The first kappa shape index (κ1) is 27.9. The third-order valence-electron chi connectivity index (χ3n) is 10.0. The number of oxazole rings is 1. The Morgan fingerprint density at radius 2 is 1.85 bits per heavy atom. The minimum Gasteiger partial charge on any atom is -0.495 e. The standard InChI is InChI=1S/C33H42N4O4/c1-20-29(40-2)10-9-27(36-20)23-5-3-21(4-6-23)17-33(13-11-22(18-38)15-26(33)31(34)39)30-16-25(12-14-35-30)28-19-41-32(37-28)24-7-8-24/h9-10,12,14,16,19,21-24,26,38H,3-8,11,13,15,17-18H2,1-2H3,(H2,34,39). The summed E-state index contributed by atoms with van der Waals surface area (Å²) in [6, 6.07) is 8.21. The van der Waals surface area contributed by atoms with Gasteiger partial charge in [0, 0.05) is 52.9 Å². The molecule has 0 spiro atoms. The zero-order valence-corrected chi connectivity index (χ0v) is 24.2. The SMILES string of the molecule is COc1ccc(C2CCC(CC3(c4cc(-c5coc(C6CC6)n5)ccn4)CCC(CO)CC3C(N)=O)CC2)nc1C. The summed E-state index contributed by atoms with van der Waals surface area (Å²) in [6.07, 6.45) is 13.2. The van der Waals surface area contributed by atoms with Crippen LogP contribution in [0.2, 0.25) is 0 Å². The van der Waals surface area contributed by atoms with Crippen LogP contribution in [-0.2, 0) is 10.2 Å². The van der Waals surface area contributed by atoms with Gasteiger partial charge in [0.25, 0.3) is 0 Å².